The number of pyridine rings is 1. The largest absolute Gasteiger partial charge is 0.525 e. The van der Waals surface area contributed by atoms with E-state index in [1.165, 1.54) is 18.2 Å². The molecule has 0 radical (unpaired) electrons. The lowest BCUT2D eigenvalue weighted by atomic mass is 9.86. The Labute approximate surface area is 146 Å². The van der Waals surface area contributed by atoms with Crippen molar-refractivity contribution in [3.8, 4) is 11.1 Å². The molecule has 6 heteroatoms. The quantitative estimate of drug-likeness (QED) is 0.748. The third kappa shape index (κ3) is 3.50. The van der Waals surface area contributed by atoms with Crippen LogP contribution < -0.4 is 0 Å². The van der Waals surface area contributed by atoms with E-state index in [4.69, 9.17) is 9.31 Å². The van der Waals surface area contributed by atoms with Crippen molar-refractivity contribution < 1.29 is 18.1 Å². The monoisotopic (exact) mass is 343 g/mol. The first-order valence-corrected chi connectivity index (χ1v) is 8.12. The molecule has 25 heavy (non-hydrogen) atoms. The minimum absolute atomic E-state index is 0.403. The average molecular weight is 343 g/mol. The van der Waals surface area contributed by atoms with Gasteiger partial charge in [-0.2, -0.15) is 0 Å². The van der Waals surface area contributed by atoms with Gasteiger partial charge in [0.05, 0.1) is 11.2 Å². The van der Waals surface area contributed by atoms with Gasteiger partial charge in [0.15, 0.2) is 0 Å². The molecule has 0 aliphatic carbocycles. The van der Waals surface area contributed by atoms with E-state index in [0.29, 0.717) is 11.1 Å². The van der Waals surface area contributed by atoms with Crippen molar-refractivity contribution in [3.05, 3.63) is 59.8 Å². The van der Waals surface area contributed by atoms with Crippen LogP contribution in [0.25, 0.3) is 17.2 Å². The first-order chi connectivity index (χ1) is 11.7. The van der Waals surface area contributed by atoms with Crippen molar-refractivity contribution >= 4 is 13.2 Å². The van der Waals surface area contributed by atoms with Crippen molar-refractivity contribution in [1.82, 2.24) is 4.98 Å². The van der Waals surface area contributed by atoms with Gasteiger partial charge in [0.1, 0.15) is 11.5 Å². The summed E-state index contributed by atoms with van der Waals surface area (Å²) in [7, 11) is -1.12. The summed E-state index contributed by atoms with van der Waals surface area (Å²) in [6, 6.07) is 7.84. The summed E-state index contributed by atoms with van der Waals surface area (Å²) in [5.74, 6) is -0.444. The van der Waals surface area contributed by atoms with Crippen molar-refractivity contribution in [3.63, 3.8) is 0 Å². The zero-order chi connectivity index (χ0) is 18.2. The van der Waals surface area contributed by atoms with Crippen LogP contribution in [0.3, 0.4) is 0 Å². The molecule has 0 amide bonds. The predicted molar refractivity (Wildman–Crippen MR) is 94.8 cm³/mol. The standard InChI is InChI=1S/C19H20BF2NO2/c1-18(2)19(3,4)25-20(24-18)17(22)11-14-10-15(21)7-8-16(14)13-6-5-9-23-12-13/h5-12H,1-4H3. The van der Waals surface area contributed by atoms with Gasteiger partial charge in [-0.15, -0.1) is 0 Å². The maximum atomic E-state index is 14.8. The van der Waals surface area contributed by atoms with Gasteiger partial charge in [-0.25, -0.2) is 8.78 Å². The van der Waals surface area contributed by atoms with E-state index in [-0.39, 0.29) is 0 Å². The molecular weight excluding hydrogens is 323 g/mol. The Hall–Kier alpha value is -2.05. The highest BCUT2D eigenvalue weighted by atomic mass is 19.1. The zero-order valence-electron chi connectivity index (χ0n) is 14.7. The Kier molecular flexibility index (Phi) is 4.52. The van der Waals surface area contributed by atoms with Gasteiger partial charge >= 0.3 is 7.12 Å². The van der Waals surface area contributed by atoms with Gasteiger partial charge in [0, 0.05) is 18.0 Å². The van der Waals surface area contributed by atoms with Crippen LogP contribution in [0.4, 0.5) is 8.78 Å². The summed E-state index contributed by atoms with van der Waals surface area (Å²) >= 11 is 0. The van der Waals surface area contributed by atoms with E-state index in [1.54, 1.807) is 24.5 Å². The number of benzene rings is 1. The molecule has 3 rings (SSSR count). The fraction of sp³-hybridized carbons (Fsp3) is 0.316. The third-order valence-electron chi connectivity index (χ3n) is 4.76. The Balaban J connectivity index is 1.97. The van der Waals surface area contributed by atoms with Crippen molar-refractivity contribution in [2.75, 3.05) is 0 Å². The number of aromatic nitrogens is 1. The van der Waals surface area contributed by atoms with Crippen LogP contribution in [-0.4, -0.2) is 23.3 Å². The van der Waals surface area contributed by atoms with E-state index in [0.717, 1.165) is 5.56 Å². The molecule has 0 saturated carbocycles. The summed E-state index contributed by atoms with van der Waals surface area (Å²) < 4.78 is 39.9. The van der Waals surface area contributed by atoms with Crippen molar-refractivity contribution in [2.45, 2.75) is 38.9 Å². The van der Waals surface area contributed by atoms with E-state index in [2.05, 4.69) is 4.98 Å². The summed E-state index contributed by atoms with van der Waals surface area (Å²) in [5, 5.41) is 0. The number of hydrogen-bond acceptors (Lipinski definition) is 3. The molecule has 0 unspecified atom stereocenters. The maximum Gasteiger partial charge on any atom is 0.525 e. The van der Waals surface area contributed by atoms with Crippen molar-refractivity contribution in [1.29, 1.82) is 0 Å². The normalized spacial score (nSPS) is 19.3. The van der Waals surface area contributed by atoms with Gasteiger partial charge in [0.25, 0.3) is 0 Å². The highest BCUT2D eigenvalue weighted by Gasteiger charge is 2.53. The van der Waals surface area contributed by atoms with E-state index >= 15 is 0 Å². The van der Waals surface area contributed by atoms with Crippen LogP contribution >= 0.6 is 0 Å². The molecule has 1 aromatic carbocycles. The van der Waals surface area contributed by atoms with E-state index in [9.17, 15) is 8.78 Å². The lowest BCUT2D eigenvalue weighted by molar-refractivity contribution is 0.00578. The summed E-state index contributed by atoms with van der Waals surface area (Å²) in [4.78, 5) is 4.06. The van der Waals surface area contributed by atoms with Gasteiger partial charge in [0.2, 0.25) is 0 Å². The smallest absolute Gasteiger partial charge is 0.398 e. The second-order valence-corrected chi connectivity index (χ2v) is 7.09. The Bertz CT molecular complexity index is 790. The summed E-state index contributed by atoms with van der Waals surface area (Å²) in [6.07, 6.45) is 4.55. The molecule has 130 valence electrons. The number of halogens is 2. The minimum Gasteiger partial charge on any atom is -0.398 e. The molecule has 0 spiro atoms. The predicted octanol–water partition coefficient (Wildman–Crippen LogP) is 4.83. The summed E-state index contributed by atoms with van der Waals surface area (Å²) in [6.45, 7) is 7.40. The first kappa shape index (κ1) is 17.8. The molecule has 0 N–H and O–H groups in total. The topological polar surface area (TPSA) is 31.4 Å². The van der Waals surface area contributed by atoms with Crippen LogP contribution in [0.5, 0.6) is 0 Å². The van der Waals surface area contributed by atoms with Crippen molar-refractivity contribution in [2.24, 2.45) is 0 Å². The summed E-state index contributed by atoms with van der Waals surface area (Å²) in [5.41, 5.74) is -0.0280. The van der Waals surface area contributed by atoms with Crippen LogP contribution in [0, 0.1) is 5.82 Å². The van der Waals surface area contributed by atoms with Gasteiger partial charge < -0.3 is 9.31 Å². The van der Waals surface area contributed by atoms with Gasteiger partial charge in [-0.3, -0.25) is 4.98 Å². The van der Waals surface area contributed by atoms with Crippen LogP contribution in [0.2, 0.25) is 0 Å². The lowest BCUT2D eigenvalue weighted by Crippen LogP contribution is -2.41. The minimum atomic E-state index is -1.12. The fourth-order valence-electron chi connectivity index (χ4n) is 2.61. The molecule has 1 fully saturated rings. The molecular formula is C19H20BF2NO2. The Morgan fingerprint density at radius 2 is 1.80 bits per heavy atom. The van der Waals surface area contributed by atoms with E-state index < -0.39 is 29.9 Å². The first-order valence-electron chi connectivity index (χ1n) is 8.12. The SMILES string of the molecule is CC1(C)OB(C(F)=Cc2cc(F)ccc2-c2cccnc2)OC1(C)C. The lowest BCUT2D eigenvalue weighted by Gasteiger charge is -2.32. The molecule has 3 nitrogen and oxygen atoms in total. The molecule has 1 aliphatic rings. The molecule has 0 atom stereocenters. The number of nitrogens with zero attached hydrogens (tertiary/aromatic N) is 1. The maximum absolute atomic E-state index is 14.8. The van der Waals surface area contributed by atoms with E-state index in [1.807, 2.05) is 33.8 Å². The Morgan fingerprint density at radius 1 is 1.12 bits per heavy atom. The number of hydrogen-bond donors (Lipinski definition) is 0. The molecule has 1 saturated heterocycles. The van der Waals surface area contributed by atoms with Crippen LogP contribution in [0.15, 0.2) is 48.5 Å². The molecule has 2 aromatic rings. The number of rotatable bonds is 3. The third-order valence-corrected chi connectivity index (χ3v) is 4.76. The Morgan fingerprint density at radius 3 is 2.40 bits per heavy atom. The highest BCUT2D eigenvalue weighted by molar-refractivity contribution is 6.54. The molecule has 0 bridgehead atoms. The molecule has 1 aromatic heterocycles. The van der Waals surface area contributed by atoms with Gasteiger partial charge in [-0.05, 0) is 63.1 Å². The zero-order valence-corrected chi connectivity index (χ0v) is 14.7. The van der Waals surface area contributed by atoms with Crippen LogP contribution in [0.1, 0.15) is 33.3 Å². The van der Waals surface area contributed by atoms with Gasteiger partial charge in [-0.1, -0.05) is 12.1 Å². The molecule has 1 aliphatic heterocycles. The second-order valence-electron chi connectivity index (χ2n) is 7.09. The average Bonchev–Trinajstić information content (AvgIpc) is 2.76. The second kappa shape index (κ2) is 6.35. The fourth-order valence-corrected chi connectivity index (χ4v) is 2.61. The van der Waals surface area contributed by atoms with Crippen LogP contribution in [-0.2, 0) is 9.31 Å². The molecule has 2 heterocycles. The highest BCUT2D eigenvalue weighted by Crippen LogP contribution is 2.39.